The predicted molar refractivity (Wildman–Crippen MR) is 62.3 cm³/mol. The summed E-state index contributed by atoms with van der Waals surface area (Å²) in [6, 6.07) is 7.37. The predicted octanol–water partition coefficient (Wildman–Crippen LogP) is 1.95. The molecular weight excluding hydrogens is 202 g/mol. The number of phenolic OH excluding ortho intramolecular Hbond substituents is 1. The normalized spacial score (nSPS) is 17.6. The number of nitrogens with one attached hydrogen (secondary N) is 1. The highest BCUT2D eigenvalue weighted by Crippen LogP contribution is 2.43. The molecule has 0 bridgehead atoms. The van der Waals surface area contributed by atoms with Gasteiger partial charge in [-0.05, 0) is 30.5 Å². The fourth-order valence-electron chi connectivity index (χ4n) is 2.30. The molecule has 0 aromatic heterocycles. The fraction of sp³-hybridized carbons (Fsp3) is 0.462. The number of rotatable bonds is 3. The summed E-state index contributed by atoms with van der Waals surface area (Å²) >= 11 is 0. The van der Waals surface area contributed by atoms with E-state index in [-0.39, 0.29) is 11.3 Å². The van der Waals surface area contributed by atoms with Crippen LogP contribution in [0.25, 0.3) is 0 Å². The van der Waals surface area contributed by atoms with E-state index >= 15 is 0 Å². The number of amides is 1. The Bertz CT molecular complexity index is 397. The first-order chi connectivity index (χ1) is 7.62. The minimum absolute atomic E-state index is 0.00595. The van der Waals surface area contributed by atoms with Crippen LogP contribution in [-0.2, 0) is 10.2 Å². The summed E-state index contributed by atoms with van der Waals surface area (Å²) in [7, 11) is 0. The molecule has 3 nitrogen and oxygen atoms in total. The summed E-state index contributed by atoms with van der Waals surface area (Å²) in [5, 5.41) is 12.4. The van der Waals surface area contributed by atoms with Crippen molar-refractivity contribution in [3.63, 3.8) is 0 Å². The molecule has 16 heavy (non-hydrogen) atoms. The molecule has 2 N–H and O–H groups in total. The summed E-state index contributed by atoms with van der Waals surface area (Å²) in [6.45, 7) is 2.21. The first-order valence-corrected chi connectivity index (χ1v) is 5.66. The van der Waals surface area contributed by atoms with Gasteiger partial charge < -0.3 is 10.4 Å². The number of carbonyl (C=O) groups is 1. The number of phenols is 1. The van der Waals surface area contributed by atoms with Gasteiger partial charge in [0.2, 0.25) is 5.91 Å². The summed E-state index contributed by atoms with van der Waals surface area (Å²) < 4.78 is 0. The number of hydrogen-bond donors (Lipinski definition) is 2. The van der Waals surface area contributed by atoms with E-state index in [9.17, 15) is 9.90 Å². The number of benzene rings is 1. The number of aromatic hydroxyl groups is 1. The van der Waals surface area contributed by atoms with Crippen molar-refractivity contribution in [2.24, 2.45) is 0 Å². The molecule has 0 radical (unpaired) electrons. The van der Waals surface area contributed by atoms with Crippen LogP contribution in [0.2, 0.25) is 0 Å². The maximum Gasteiger partial charge on any atom is 0.216 e. The van der Waals surface area contributed by atoms with Crippen LogP contribution in [0.1, 0.15) is 31.7 Å². The summed E-state index contributed by atoms with van der Waals surface area (Å²) in [6.07, 6.45) is 3.35. The van der Waals surface area contributed by atoms with Gasteiger partial charge in [0.15, 0.2) is 0 Å². The first kappa shape index (κ1) is 11.0. The van der Waals surface area contributed by atoms with Gasteiger partial charge in [-0.15, -0.1) is 0 Å². The van der Waals surface area contributed by atoms with Crippen molar-refractivity contribution in [1.29, 1.82) is 0 Å². The maximum atomic E-state index is 11.0. The first-order valence-electron chi connectivity index (χ1n) is 5.66. The monoisotopic (exact) mass is 219 g/mol. The zero-order chi connectivity index (χ0) is 11.6. The number of hydrogen-bond acceptors (Lipinski definition) is 2. The Morgan fingerprint density at radius 3 is 2.75 bits per heavy atom. The van der Waals surface area contributed by atoms with E-state index in [4.69, 9.17) is 0 Å². The van der Waals surface area contributed by atoms with Gasteiger partial charge in [-0.1, -0.05) is 18.6 Å². The Morgan fingerprint density at radius 1 is 1.50 bits per heavy atom. The van der Waals surface area contributed by atoms with E-state index in [1.165, 1.54) is 13.3 Å². The van der Waals surface area contributed by atoms with Crippen molar-refractivity contribution in [2.45, 2.75) is 31.6 Å². The molecule has 0 heterocycles. The molecule has 1 fully saturated rings. The van der Waals surface area contributed by atoms with Crippen molar-refractivity contribution >= 4 is 5.91 Å². The SMILES string of the molecule is CC(=O)NCC1(c2cccc(O)c2)CCC1. The molecule has 86 valence electrons. The second-order valence-electron chi connectivity index (χ2n) is 4.59. The van der Waals surface area contributed by atoms with E-state index in [0.29, 0.717) is 12.3 Å². The average molecular weight is 219 g/mol. The fourth-order valence-corrected chi connectivity index (χ4v) is 2.30. The second kappa shape index (κ2) is 4.16. The van der Waals surface area contributed by atoms with Crippen molar-refractivity contribution in [2.75, 3.05) is 6.54 Å². The summed E-state index contributed by atoms with van der Waals surface area (Å²) in [5.74, 6) is 0.304. The largest absolute Gasteiger partial charge is 0.508 e. The Labute approximate surface area is 95.5 Å². The second-order valence-corrected chi connectivity index (χ2v) is 4.59. The average Bonchev–Trinajstić information content (AvgIpc) is 2.15. The van der Waals surface area contributed by atoms with Crippen LogP contribution in [0.3, 0.4) is 0 Å². The maximum absolute atomic E-state index is 11.0. The molecule has 1 amide bonds. The van der Waals surface area contributed by atoms with Gasteiger partial charge in [-0.2, -0.15) is 0 Å². The highest BCUT2D eigenvalue weighted by atomic mass is 16.3. The molecule has 1 aliphatic carbocycles. The van der Waals surface area contributed by atoms with Gasteiger partial charge in [0.1, 0.15) is 5.75 Å². The minimum atomic E-state index is 0.00595. The molecule has 1 aromatic rings. The van der Waals surface area contributed by atoms with Crippen LogP contribution in [0.4, 0.5) is 0 Å². The highest BCUT2D eigenvalue weighted by molar-refractivity contribution is 5.73. The lowest BCUT2D eigenvalue weighted by Gasteiger charge is -2.42. The molecule has 0 atom stereocenters. The molecule has 3 heteroatoms. The van der Waals surface area contributed by atoms with Crippen molar-refractivity contribution < 1.29 is 9.90 Å². The molecular formula is C13H17NO2. The van der Waals surface area contributed by atoms with E-state index in [2.05, 4.69) is 5.32 Å². The van der Waals surface area contributed by atoms with E-state index in [1.807, 2.05) is 12.1 Å². The van der Waals surface area contributed by atoms with E-state index < -0.39 is 0 Å². The molecule has 0 spiro atoms. The standard InChI is InChI=1S/C13H17NO2/c1-10(15)14-9-13(6-3-7-13)11-4-2-5-12(16)8-11/h2,4-5,8,16H,3,6-7,9H2,1H3,(H,14,15). The molecule has 2 rings (SSSR count). The third kappa shape index (κ3) is 2.03. The molecule has 1 aliphatic rings. The van der Waals surface area contributed by atoms with Crippen LogP contribution in [0.5, 0.6) is 5.75 Å². The van der Waals surface area contributed by atoms with Crippen molar-refractivity contribution in [1.82, 2.24) is 5.32 Å². The number of carbonyl (C=O) groups excluding carboxylic acids is 1. The van der Waals surface area contributed by atoms with Crippen LogP contribution < -0.4 is 5.32 Å². The molecule has 1 aromatic carbocycles. The van der Waals surface area contributed by atoms with Crippen LogP contribution >= 0.6 is 0 Å². The lowest BCUT2D eigenvalue weighted by Crippen LogP contribution is -2.45. The van der Waals surface area contributed by atoms with Gasteiger partial charge in [-0.3, -0.25) is 4.79 Å². The highest BCUT2D eigenvalue weighted by Gasteiger charge is 2.38. The Balaban J connectivity index is 2.17. The lowest BCUT2D eigenvalue weighted by atomic mass is 9.64. The van der Waals surface area contributed by atoms with Gasteiger partial charge in [0.25, 0.3) is 0 Å². The quantitative estimate of drug-likeness (QED) is 0.816. The third-order valence-corrected chi connectivity index (χ3v) is 3.44. The van der Waals surface area contributed by atoms with Crippen molar-refractivity contribution in [3.8, 4) is 5.75 Å². The van der Waals surface area contributed by atoms with Crippen LogP contribution in [0, 0.1) is 0 Å². The topological polar surface area (TPSA) is 49.3 Å². The zero-order valence-corrected chi connectivity index (χ0v) is 9.49. The van der Waals surface area contributed by atoms with Gasteiger partial charge in [0, 0.05) is 18.9 Å². The van der Waals surface area contributed by atoms with E-state index in [1.54, 1.807) is 12.1 Å². The molecule has 0 unspecified atom stereocenters. The van der Waals surface area contributed by atoms with Gasteiger partial charge in [0.05, 0.1) is 0 Å². The van der Waals surface area contributed by atoms with E-state index in [0.717, 1.165) is 18.4 Å². The van der Waals surface area contributed by atoms with Crippen molar-refractivity contribution in [3.05, 3.63) is 29.8 Å². The van der Waals surface area contributed by atoms with Crippen LogP contribution in [0.15, 0.2) is 24.3 Å². The molecule has 1 saturated carbocycles. The van der Waals surface area contributed by atoms with Crippen LogP contribution in [-0.4, -0.2) is 17.6 Å². The van der Waals surface area contributed by atoms with Gasteiger partial charge in [-0.25, -0.2) is 0 Å². The zero-order valence-electron chi connectivity index (χ0n) is 9.49. The smallest absolute Gasteiger partial charge is 0.216 e. The Hall–Kier alpha value is -1.51. The summed E-state index contributed by atoms with van der Waals surface area (Å²) in [5.41, 5.74) is 1.18. The van der Waals surface area contributed by atoms with Gasteiger partial charge >= 0.3 is 0 Å². The Morgan fingerprint density at radius 2 is 2.25 bits per heavy atom. The Kier molecular flexibility index (Phi) is 2.86. The lowest BCUT2D eigenvalue weighted by molar-refractivity contribution is -0.119. The molecule has 0 aliphatic heterocycles. The molecule has 0 saturated heterocycles. The minimum Gasteiger partial charge on any atom is -0.508 e. The third-order valence-electron chi connectivity index (χ3n) is 3.44. The summed E-state index contributed by atoms with van der Waals surface area (Å²) in [4.78, 5) is 11.0.